The maximum Gasteiger partial charge on any atom is 0.289 e. The predicted molar refractivity (Wildman–Crippen MR) is 73.3 cm³/mol. The highest BCUT2D eigenvalue weighted by molar-refractivity contribution is 8.14. The van der Waals surface area contributed by atoms with Crippen molar-refractivity contribution in [3.63, 3.8) is 0 Å². The van der Waals surface area contributed by atoms with Crippen LogP contribution in [0.2, 0.25) is 0 Å². The van der Waals surface area contributed by atoms with E-state index >= 15 is 0 Å². The Hall–Kier alpha value is -1.54. The van der Waals surface area contributed by atoms with E-state index < -0.39 is 10.0 Å². The van der Waals surface area contributed by atoms with Crippen molar-refractivity contribution in [2.75, 3.05) is 16.7 Å². The summed E-state index contributed by atoms with van der Waals surface area (Å²) in [6.45, 7) is 0.157. The molecule has 1 aromatic rings. The van der Waals surface area contributed by atoms with Gasteiger partial charge in [0.05, 0.1) is 18.6 Å². The molecule has 0 atom stereocenters. The number of rotatable bonds is 4. The lowest BCUT2D eigenvalue weighted by atomic mass is 10.2. The van der Waals surface area contributed by atoms with Crippen LogP contribution in [0.15, 0.2) is 24.3 Å². The van der Waals surface area contributed by atoms with Gasteiger partial charge < -0.3 is 0 Å². The van der Waals surface area contributed by atoms with Gasteiger partial charge in [-0.1, -0.05) is 23.9 Å². The molecule has 0 aromatic heterocycles. The van der Waals surface area contributed by atoms with E-state index in [1.165, 1.54) is 0 Å². The quantitative estimate of drug-likeness (QED) is 0.905. The Kier molecular flexibility index (Phi) is 3.81. The molecule has 19 heavy (non-hydrogen) atoms. The Morgan fingerprint density at radius 2 is 2.11 bits per heavy atom. The predicted octanol–water partition coefficient (Wildman–Crippen LogP) is 1.25. The highest BCUT2D eigenvalue weighted by Crippen LogP contribution is 2.22. The van der Waals surface area contributed by atoms with E-state index in [1.54, 1.807) is 24.3 Å². The summed E-state index contributed by atoms with van der Waals surface area (Å²) in [5.74, 6) is -0.0587. The van der Waals surface area contributed by atoms with Gasteiger partial charge in [-0.15, -0.1) is 0 Å². The van der Waals surface area contributed by atoms with Gasteiger partial charge in [0, 0.05) is 5.69 Å². The average molecular weight is 300 g/mol. The average Bonchev–Trinajstić information content (AvgIpc) is 2.59. The van der Waals surface area contributed by atoms with Crippen molar-refractivity contribution < 1.29 is 18.0 Å². The third-order valence-electron chi connectivity index (χ3n) is 2.41. The summed E-state index contributed by atoms with van der Waals surface area (Å²) in [4.78, 5) is 24.1. The highest BCUT2D eigenvalue weighted by Gasteiger charge is 2.29. The van der Waals surface area contributed by atoms with Crippen LogP contribution in [0.4, 0.5) is 10.5 Å². The monoisotopic (exact) mass is 300 g/mol. The van der Waals surface area contributed by atoms with Gasteiger partial charge in [-0.05, 0) is 17.7 Å². The molecule has 8 heteroatoms. The molecule has 1 fully saturated rings. The minimum absolute atomic E-state index is 0.157. The van der Waals surface area contributed by atoms with Crippen LogP contribution in [0.1, 0.15) is 5.56 Å². The summed E-state index contributed by atoms with van der Waals surface area (Å²) in [5, 5.41) is -0.272. The largest absolute Gasteiger partial charge is 0.289 e. The minimum atomic E-state index is -3.34. The van der Waals surface area contributed by atoms with Crippen LogP contribution < -0.4 is 4.72 Å². The van der Waals surface area contributed by atoms with Crippen molar-refractivity contribution in [1.29, 1.82) is 0 Å². The standard InChI is InChI=1S/C11H12N2O4S2/c1-19(16,17)12-9-4-2-3-8(5-9)6-13-10(14)7-18-11(13)15/h2-5,12H,6-7H2,1H3. The molecule has 2 rings (SSSR count). The first-order valence-electron chi connectivity index (χ1n) is 5.39. The van der Waals surface area contributed by atoms with E-state index in [0.29, 0.717) is 11.3 Å². The third-order valence-corrected chi connectivity index (χ3v) is 3.88. The number of carbonyl (C=O) groups is 2. The number of nitrogens with one attached hydrogen (secondary N) is 1. The van der Waals surface area contributed by atoms with Crippen LogP contribution in [0, 0.1) is 0 Å². The molecule has 0 bridgehead atoms. The Labute approximate surface area is 115 Å². The third kappa shape index (κ3) is 3.71. The van der Waals surface area contributed by atoms with E-state index in [2.05, 4.69) is 4.72 Å². The fourth-order valence-electron chi connectivity index (χ4n) is 1.66. The van der Waals surface area contributed by atoms with Gasteiger partial charge in [0.25, 0.3) is 5.24 Å². The Balaban J connectivity index is 2.15. The van der Waals surface area contributed by atoms with Gasteiger partial charge in [0.1, 0.15) is 0 Å². The number of hydrogen-bond donors (Lipinski definition) is 1. The Morgan fingerprint density at radius 1 is 1.37 bits per heavy atom. The van der Waals surface area contributed by atoms with E-state index in [1.807, 2.05) is 0 Å². The zero-order valence-electron chi connectivity index (χ0n) is 10.1. The van der Waals surface area contributed by atoms with Crippen molar-refractivity contribution in [3.8, 4) is 0 Å². The number of nitrogens with zero attached hydrogens (tertiary/aromatic N) is 1. The smallest absolute Gasteiger partial charge is 0.284 e. The topological polar surface area (TPSA) is 83.6 Å². The first-order chi connectivity index (χ1) is 8.85. The highest BCUT2D eigenvalue weighted by atomic mass is 32.2. The molecule has 0 spiro atoms. The van der Waals surface area contributed by atoms with Gasteiger partial charge in [-0.2, -0.15) is 0 Å². The first-order valence-corrected chi connectivity index (χ1v) is 8.27. The second kappa shape index (κ2) is 5.22. The van der Waals surface area contributed by atoms with Gasteiger partial charge in [0.2, 0.25) is 15.9 Å². The summed E-state index contributed by atoms with van der Waals surface area (Å²) in [7, 11) is -3.34. The first kappa shape index (κ1) is 13.9. The summed E-state index contributed by atoms with van der Waals surface area (Å²) in [6, 6.07) is 6.61. The lowest BCUT2D eigenvalue weighted by molar-refractivity contribution is -0.125. The van der Waals surface area contributed by atoms with Gasteiger partial charge in [-0.3, -0.25) is 19.2 Å². The molecule has 1 aromatic carbocycles. The molecule has 6 nitrogen and oxygen atoms in total. The lowest BCUT2D eigenvalue weighted by Gasteiger charge is -2.13. The van der Waals surface area contributed by atoms with E-state index in [9.17, 15) is 18.0 Å². The fraction of sp³-hybridized carbons (Fsp3) is 0.273. The molecule has 0 radical (unpaired) electrons. The second-order valence-electron chi connectivity index (χ2n) is 4.11. The fourth-order valence-corrected chi connectivity index (χ4v) is 2.94. The number of benzene rings is 1. The zero-order valence-corrected chi connectivity index (χ0v) is 11.8. The van der Waals surface area contributed by atoms with Crippen LogP contribution in [-0.2, 0) is 21.4 Å². The number of hydrogen-bond acceptors (Lipinski definition) is 5. The van der Waals surface area contributed by atoms with Crippen LogP contribution in [0.25, 0.3) is 0 Å². The summed E-state index contributed by atoms with van der Waals surface area (Å²) in [5.41, 5.74) is 1.10. The molecule has 1 N–H and O–H groups in total. The zero-order chi connectivity index (χ0) is 14.0. The number of sulfonamides is 1. The van der Waals surface area contributed by atoms with Crippen molar-refractivity contribution in [2.24, 2.45) is 0 Å². The Bertz CT molecular complexity index is 611. The van der Waals surface area contributed by atoms with Gasteiger partial charge in [-0.25, -0.2) is 8.42 Å². The minimum Gasteiger partial charge on any atom is -0.284 e. The van der Waals surface area contributed by atoms with Crippen molar-refractivity contribution in [2.45, 2.75) is 6.54 Å². The number of thioether (sulfide) groups is 1. The lowest BCUT2D eigenvalue weighted by Crippen LogP contribution is -2.27. The molecule has 1 aliphatic heterocycles. The van der Waals surface area contributed by atoms with E-state index in [4.69, 9.17) is 0 Å². The van der Waals surface area contributed by atoms with Crippen molar-refractivity contribution in [1.82, 2.24) is 4.90 Å². The molecule has 102 valence electrons. The summed E-state index contributed by atoms with van der Waals surface area (Å²) >= 11 is 0.973. The van der Waals surface area contributed by atoms with Crippen LogP contribution in [0.3, 0.4) is 0 Å². The SMILES string of the molecule is CS(=O)(=O)Nc1cccc(CN2C(=O)CSC2=O)c1. The van der Waals surface area contributed by atoms with E-state index in [0.717, 1.165) is 22.9 Å². The molecule has 1 heterocycles. The van der Waals surface area contributed by atoms with Crippen LogP contribution in [0.5, 0.6) is 0 Å². The number of anilines is 1. The summed E-state index contributed by atoms with van der Waals surface area (Å²) < 4.78 is 24.6. The van der Waals surface area contributed by atoms with Gasteiger partial charge >= 0.3 is 0 Å². The van der Waals surface area contributed by atoms with Crippen LogP contribution in [-0.4, -0.2) is 36.5 Å². The molecular formula is C11H12N2O4S2. The van der Waals surface area contributed by atoms with Crippen molar-refractivity contribution >= 4 is 38.6 Å². The number of imide groups is 1. The van der Waals surface area contributed by atoms with Gasteiger partial charge in [0.15, 0.2) is 0 Å². The normalized spacial score (nSPS) is 15.9. The molecular weight excluding hydrogens is 288 g/mol. The van der Waals surface area contributed by atoms with Crippen molar-refractivity contribution in [3.05, 3.63) is 29.8 Å². The summed E-state index contributed by atoms with van der Waals surface area (Å²) in [6.07, 6.45) is 1.06. The maximum absolute atomic E-state index is 11.5. The number of carbonyl (C=O) groups excluding carboxylic acids is 2. The molecule has 0 aliphatic carbocycles. The van der Waals surface area contributed by atoms with E-state index in [-0.39, 0.29) is 23.4 Å². The molecule has 0 unspecified atom stereocenters. The number of amides is 2. The second-order valence-corrected chi connectivity index (χ2v) is 6.78. The molecule has 0 saturated carbocycles. The molecule has 1 saturated heterocycles. The van der Waals surface area contributed by atoms with Crippen LogP contribution >= 0.6 is 11.8 Å². The molecule has 1 aliphatic rings. The maximum atomic E-state index is 11.5. The molecule has 2 amide bonds. The Morgan fingerprint density at radius 3 is 2.68 bits per heavy atom.